The molecule has 2 aromatic carbocycles. The molecule has 2 aliphatic heterocycles. The lowest BCUT2D eigenvalue weighted by Crippen LogP contribution is -2.43. The maximum absolute atomic E-state index is 12.3. The Bertz CT molecular complexity index is 956. The van der Waals surface area contributed by atoms with Gasteiger partial charge in [0.15, 0.2) is 5.78 Å². The first kappa shape index (κ1) is 22.3. The van der Waals surface area contributed by atoms with Gasteiger partial charge in [0.05, 0.1) is 0 Å². The van der Waals surface area contributed by atoms with Crippen LogP contribution in [0.1, 0.15) is 81.3 Å². The number of carbonyl (C=O) groups excluding carboxylic acids is 1. The number of nitrogens with zero attached hydrogens (tertiary/aromatic N) is 1. The molecule has 1 aliphatic carbocycles. The Morgan fingerprint density at radius 1 is 0.879 bits per heavy atom. The molecule has 3 aliphatic rings. The van der Waals surface area contributed by atoms with Crippen molar-refractivity contribution in [3.05, 3.63) is 78.0 Å². The van der Waals surface area contributed by atoms with Crippen molar-refractivity contribution in [1.82, 2.24) is 4.90 Å². The second-order valence-electron chi connectivity index (χ2n) is 10.4. The first-order valence-electron chi connectivity index (χ1n) is 13.1. The highest BCUT2D eigenvalue weighted by atomic mass is 16.1. The van der Waals surface area contributed by atoms with Crippen LogP contribution < -0.4 is 5.32 Å². The van der Waals surface area contributed by atoms with E-state index in [0.29, 0.717) is 12.3 Å². The van der Waals surface area contributed by atoms with Crippen LogP contribution in [0.3, 0.4) is 0 Å². The highest BCUT2D eigenvalue weighted by molar-refractivity contribution is 5.90. The van der Waals surface area contributed by atoms with Gasteiger partial charge in [-0.3, -0.25) is 4.79 Å². The van der Waals surface area contributed by atoms with Crippen molar-refractivity contribution >= 4 is 11.5 Å². The van der Waals surface area contributed by atoms with Crippen LogP contribution in [0.2, 0.25) is 0 Å². The number of benzene rings is 2. The van der Waals surface area contributed by atoms with Gasteiger partial charge in [0.1, 0.15) is 0 Å². The summed E-state index contributed by atoms with van der Waals surface area (Å²) in [6.45, 7) is 1.00. The molecule has 174 valence electrons. The minimum Gasteiger partial charge on any atom is -0.379 e. The van der Waals surface area contributed by atoms with Gasteiger partial charge < -0.3 is 10.2 Å². The maximum atomic E-state index is 12.3. The Hall–Kier alpha value is -2.55. The number of hydrogen-bond acceptors (Lipinski definition) is 3. The van der Waals surface area contributed by atoms with Gasteiger partial charge in [-0.1, -0.05) is 87.1 Å². The fourth-order valence-corrected chi connectivity index (χ4v) is 6.51. The third-order valence-corrected chi connectivity index (χ3v) is 8.23. The fraction of sp³-hybridized carbons (Fsp3) is 0.500. The van der Waals surface area contributed by atoms with E-state index in [1.54, 1.807) is 6.08 Å². The number of carbonyl (C=O) groups is 1. The number of ketones is 1. The zero-order valence-electron chi connectivity index (χ0n) is 19.8. The number of rotatable bonds is 5. The molecule has 0 radical (unpaired) electrons. The van der Waals surface area contributed by atoms with Gasteiger partial charge in [0.2, 0.25) is 0 Å². The number of hydrogen-bond donors (Lipinski definition) is 1. The smallest absolute Gasteiger partial charge is 0.159 e. The van der Waals surface area contributed by atoms with Crippen LogP contribution in [-0.4, -0.2) is 28.8 Å². The molecule has 0 saturated heterocycles. The summed E-state index contributed by atoms with van der Waals surface area (Å²) in [5.74, 6) is 0.794. The van der Waals surface area contributed by atoms with Crippen molar-refractivity contribution in [1.29, 1.82) is 0 Å². The Balaban J connectivity index is 1.36. The zero-order chi connectivity index (χ0) is 22.5. The zero-order valence-corrected chi connectivity index (χ0v) is 19.8. The maximum Gasteiger partial charge on any atom is 0.159 e. The van der Waals surface area contributed by atoms with E-state index in [1.165, 1.54) is 68.2 Å². The largest absolute Gasteiger partial charge is 0.379 e. The van der Waals surface area contributed by atoms with Crippen LogP contribution in [0.25, 0.3) is 0 Å². The molecule has 3 nitrogen and oxygen atoms in total. The topological polar surface area (TPSA) is 32.3 Å². The predicted octanol–water partition coefficient (Wildman–Crippen LogP) is 6.86. The summed E-state index contributed by atoms with van der Waals surface area (Å²) in [5.41, 5.74) is 4.37. The Labute approximate surface area is 199 Å². The lowest BCUT2D eigenvalue weighted by Gasteiger charge is -2.39. The van der Waals surface area contributed by atoms with Gasteiger partial charge >= 0.3 is 0 Å². The van der Waals surface area contributed by atoms with E-state index in [0.717, 1.165) is 19.4 Å². The van der Waals surface area contributed by atoms with Gasteiger partial charge in [-0.15, -0.1) is 0 Å². The third kappa shape index (κ3) is 5.03. The van der Waals surface area contributed by atoms with Gasteiger partial charge in [-0.2, -0.15) is 0 Å². The van der Waals surface area contributed by atoms with Crippen molar-refractivity contribution in [2.24, 2.45) is 0 Å². The average molecular weight is 443 g/mol. The summed E-state index contributed by atoms with van der Waals surface area (Å²) in [6, 6.07) is 19.9. The normalized spacial score (nSPS) is 24.6. The molecular formula is C30H38N2O. The number of fused-ring (bicyclic) bond motifs is 1. The summed E-state index contributed by atoms with van der Waals surface area (Å²) in [6.07, 6.45) is 17.3. The Morgan fingerprint density at radius 2 is 1.58 bits per heavy atom. The van der Waals surface area contributed by atoms with Gasteiger partial charge in [-0.05, 0) is 49.0 Å². The molecule has 5 rings (SSSR count). The molecule has 3 heteroatoms. The molecule has 2 unspecified atom stereocenters. The molecule has 1 N–H and O–H groups in total. The SMILES string of the molecule is O=C1C=CN(CCC2c3ccccc3NC23CCCCCCCC3)C(Cc2ccccc2)C1. The van der Waals surface area contributed by atoms with Gasteiger partial charge in [0.25, 0.3) is 0 Å². The monoisotopic (exact) mass is 442 g/mol. The van der Waals surface area contributed by atoms with E-state index in [1.807, 2.05) is 0 Å². The molecule has 2 atom stereocenters. The molecular weight excluding hydrogens is 404 g/mol. The van der Waals surface area contributed by atoms with Crippen molar-refractivity contribution in [2.45, 2.75) is 88.1 Å². The summed E-state index contributed by atoms with van der Waals surface area (Å²) in [7, 11) is 0. The lowest BCUT2D eigenvalue weighted by atomic mass is 9.74. The van der Waals surface area contributed by atoms with E-state index in [-0.39, 0.29) is 17.4 Å². The molecule has 1 saturated carbocycles. The number of para-hydroxylation sites is 1. The van der Waals surface area contributed by atoms with Crippen LogP contribution in [0.15, 0.2) is 66.9 Å². The van der Waals surface area contributed by atoms with Crippen molar-refractivity contribution in [2.75, 3.05) is 11.9 Å². The predicted molar refractivity (Wildman–Crippen MR) is 136 cm³/mol. The average Bonchev–Trinajstić information content (AvgIpc) is 3.19. The Morgan fingerprint density at radius 3 is 2.36 bits per heavy atom. The van der Waals surface area contributed by atoms with E-state index in [9.17, 15) is 4.79 Å². The van der Waals surface area contributed by atoms with Crippen molar-refractivity contribution in [3.8, 4) is 0 Å². The van der Waals surface area contributed by atoms with Gasteiger partial charge in [-0.25, -0.2) is 0 Å². The standard InChI is InChI=1S/C30H38N2O/c33-26-16-20-32(25(23-26)22-24-12-6-5-7-13-24)21-17-28-27-14-8-9-15-29(27)31-30(28)18-10-3-1-2-4-11-19-30/h5-9,12-16,20,25,28,31H,1-4,10-11,17-19,21-23H2. The van der Waals surface area contributed by atoms with Gasteiger partial charge in [0, 0.05) is 42.4 Å². The summed E-state index contributed by atoms with van der Waals surface area (Å²) < 4.78 is 0. The first-order valence-corrected chi connectivity index (χ1v) is 13.1. The fourth-order valence-electron chi connectivity index (χ4n) is 6.51. The summed E-state index contributed by atoms with van der Waals surface area (Å²) in [4.78, 5) is 14.7. The molecule has 2 heterocycles. The molecule has 33 heavy (non-hydrogen) atoms. The molecule has 1 fully saturated rings. The minimum absolute atomic E-state index is 0.193. The highest BCUT2D eigenvalue weighted by Gasteiger charge is 2.44. The van der Waals surface area contributed by atoms with E-state index in [4.69, 9.17) is 0 Å². The van der Waals surface area contributed by atoms with Crippen LogP contribution in [0, 0.1) is 0 Å². The molecule has 2 aromatic rings. The minimum atomic E-state index is 0.193. The summed E-state index contributed by atoms with van der Waals surface area (Å²) in [5, 5.41) is 4.05. The lowest BCUT2D eigenvalue weighted by molar-refractivity contribution is -0.116. The second kappa shape index (κ2) is 10.2. The van der Waals surface area contributed by atoms with E-state index >= 15 is 0 Å². The van der Waals surface area contributed by atoms with Crippen LogP contribution in [-0.2, 0) is 11.2 Å². The highest BCUT2D eigenvalue weighted by Crippen LogP contribution is 2.50. The molecule has 0 aromatic heterocycles. The third-order valence-electron chi connectivity index (χ3n) is 8.23. The van der Waals surface area contributed by atoms with Crippen LogP contribution in [0.5, 0.6) is 0 Å². The van der Waals surface area contributed by atoms with Crippen LogP contribution in [0.4, 0.5) is 5.69 Å². The molecule has 1 spiro atoms. The van der Waals surface area contributed by atoms with Crippen molar-refractivity contribution in [3.63, 3.8) is 0 Å². The number of allylic oxidation sites excluding steroid dienone is 1. The quantitative estimate of drug-likeness (QED) is 0.549. The van der Waals surface area contributed by atoms with E-state index in [2.05, 4.69) is 71.0 Å². The van der Waals surface area contributed by atoms with Crippen LogP contribution >= 0.6 is 0 Å². The number of anilines is 1. The Kier molecular flexibility index (Phi) is 6.85. The molecule has 0 bridgehead atoms. The summed E-state index contributed by atoms with van der Waals surface area (Å²) >= 11 is 0. The van der Waals surface area contributed by atoms with Crippen molar-refractivity contribution < 1.29 is 4.79 Å². The molecule has 0 amide bonds. The first-order chi connectivity index (χ1) is 16.2. The second-order valence-corrected chi connectivity index (χ2v) is 10.4. The van der Waals surface area contributed by atoms with E-state index < -0.39 is 0 Å². The number of nitrogens with one attached hydrogen (secondary N) is 1.